The Morgan fingerprint density at radius 3 is 2.32 bits per heavy atom. The monoisotopic (exact) mass is 367 g/mol. The van der Waals surface area contributed by atoms with Crippen LogP contribution in [0.25, 0.3) is 0 Å². The maximum absolute atomic E-state index is 9.97. The minimum absolute atomic E-state index is 0.206. The summed E-state index contributed by atoms with van der Waals surface area (Å²) in [6, 6.07) is 12.6. The Hall–Kier alpha value is -1.23. The van der Waals surface area contributed by atoms with E-state index in [-0.39, 0.29) is 6.04 Å². The molecule has 3 heteroatoms. The van der Waals surface area contributed by atoms with E-state index in [1.54, 1.807) is 0 Å². The molecule has 0 saturated carbocycles. The van der Waals surface area contributed by atoms with Crippen LogP contribution in [-0.4, -0.2) is 5.11 Å². The fourth-order valence-corrected chi connectivity index (χ4v) is 2.42. The first kappa shape index (κ1) is 14.2. The normalized spacial score (nSPS) is 12.2. The number of hydrogen-bond donors (Lipinski definition) is 2. The number of phenols is 1. The summed E-state index contributed by atoms with van der Waals surface area (Å²) in [6.07, 6.45) is 0. The van der Waals surface area contributed by atoms with Crippen molar-refractivity contribution in [3.8, 4) is 5.75 Å². The number of hydrogen-bond acceptors (Lipinski definition) is 2. The van der Waals surface area contributed by atoms with Crippen molar-refractivity contribution in [3.05, 3.63) is 56.7 Å². The third-order valence-electron chi connectivity index (χ3n) is 3.37. The summed E-state index contributed by atoms with van der Waals surface area (Å²) in [5, 5.41) is 13.4. The molecule has 19 heavy (non-hydrogen) atoms. The van der Waals surface area contributed by atoms with Crippen LogP contribution in [0, 0.1) is 17.4 Å². The van der Waals surface area contributed by atoms with Crippen molar-refractivity contribution in [1.82, 2.24) is 0 Å². The van der Waals surface area contributed by atoms with Gasteiger partial charge in [0, 0.05) is 20.9 Å². The number of aryl methyl sites for hydroxylation is 1. The van der Waals surface area contributed by atoms with Crippen LogP contribution in [0.2, 0.25) is 0 Å². The van der Waals surface area contributed by atoms with Gasteiger partial charge < -0.3 is 10.4 Å². The van der Waals surface area contributed by atoms with E-state index in [1.165, 1.54) is 9.13 Å². The molecule has 0 aromatic heterocycles. The van der Waals surface area contributed by atoms with Crippen LogP contribution in [0.5, 0.6) is 5.75 Å². The molecule has 0 saturated heterocycles. The van der Waals surface area contributed by atoms with Gasteiger partial charge in [0.2, 0.25) is 0 Å². The smallest absolute Gasteiger partial charge is 0.123 e. The van der Waals surface area contributed by atoms with E-state index in [1.807, 2.05) is 26.0 Å². The zero-order valence-electron chi connectivity index (χ0n) is 11.4. The number of rotatable bonds is 3. The molecule has 0 radical (unpaired) electrons. The molecule has 0 amide bonds. The van der Waals surface area contributed by atoms with Gasteiger partial charge >= 0.3 is 0 Å². The molecule has 1 unspecified atom stereocenters. The van der Waals surface area contributed by atoms with Crippen molar-refractivity contribution in [3.63, 3.8) is 0 Å². The molecule has 2 aromatic carbocycles. The van der Waals surface area contributed by atoms with E-state index < -0.39 is 0 Å². The molecule has 0 aliphatic heterocycles. The SMILES string of the molecule is Cc1ccc(NC(C)c2ccc(I)cc2)c(C)c1O. The molecule has 0 bridgehead atoms. The second-order valence-corrected chi connectivity index (χ2v) is 6.07. The van der Waals surface area contributed by atoms with Crippen LogP contribution in [-0.2, 0) is 0 Å². The summed E-state index contributed by atoms with van der Waals surface area (Å²) < 4.78 is 1.23. The molecule has 0 aliphatic rings. The van der Waals surface area contributed by atoms with Gasteiger partial charge in [-0.15, -0.1) is 0 Å². The maximum Gasteiger partial charge on any atom is 0.123 e. The molecule has 2 aromatic rings. The fraction of sp³-hybridized carbons (Fsp3) is 0.250. The Balaban J connectivity index is 2.21. The predicted molar refractivity (Wildman–Crippen MR) is 88.8 cm³/mol. The largest absolute Gasteiger partial charge is 0.507 e. The van der Waals surface area contributed by atoms with E-state index in [0.717, 1.165) is 16.8 Å². The molecule has 2 rings (SSSR count). The summed E-state index contributed by atoms with van der Waals surface area (Å²) in [6.45, 7) is 5.97. The Bertz CT molecular complexity index is 578. The highest BCUT2D eigenvalue weighted by Crippen LogP contribution is 2.30. The highest BCUT2D eigenvalue weighted by atomic mass is 127. The molecule has 1 atom stereocenters. The topological polar surface area (TPSA) is 32.3 Å². The number of anilines is 1. The van der Waals surface area contributed by atoms with E-state index in [0.29, 0.717) is 5.75 Å². The zero-order valence-corrected chi connectivity index (χ0v) is 13.5. The standard InChI is InChI=1S/C16H18INO/c1-10-4-9-15(11(2)16(10)19)18-12(3)13-5-7-14(17)8-6-13/h4-9,12,18-19H,1-3H3. The number of nitrogens with one attached hydrogen (secondary N) is 1. The Kier molecular flexibility index (Phi) is 4.34. The Labute approximate surface area is 128 Å². The molecule has 2 N–H and O–H groups in total. The van der Waals surface area contributed by atoms with E-state index in [4.69, 9.17) is 0 Å². The first-order valence-corrected chi connectivity index (χ1v) is 7.38. The molecule has 0 aliphatic carbocycles. The molecule has 0 fully saturated rings. The van der Waals surface area contributed by atoms with Crippen molar-refractivity contribution in [2.24, 2.45) is 0 Å². The van der Waals surface area contributed by atoms with E-state index in [9.17, 15) is 5.11 Å². The van der Waals surface area contributed by atoms with E-state index >= 15 is 0 Å². The van der Waals surface area contributed by atoms with Gasteiger partial charge in [0.1, 0.15) is 5.75 Å². The summed E-state index contributed by atoms with van der Waals surface area (Å²) >= 11 is 2.30. The lowest BCUT2D eigenvalue weighted by Crippen LogP contribution is -2.07. The number of aromatic hydroxyl groups is 1. The van der Waals surface area contributed by atoms with Crippen LogP contribution >= 0.6 is 22.6 Å². The van der Waals surface area contributed by atoms with Gasteiger partial charge in [0.05, 0.1) is 0 Å². The second kappa shape index (κ2) is 5.82. The van der Waals surface area contributed by atoms with Crippen LogP contribution in [0.15, 0.2) is 36.4 Å². The van der Waals surface area contributed by atoms with Crippen LogP contribution in [0.1, 0.15) is 29.7 Å². The van der Waals surface area contributed by atoms with Gasteiger partial charge in [-0.05, 0) is 72.7 Å². The highest BCUT2D eigenvalue weighted by molar-refractivity contribution is 14.1. The van der Waals surface area contributed by atoms with Crippen molar-refractivity contribution in [2.45, 2.75) is 26.8 Å². The van der Waals surface area contributed by atoms with Gasteiger partial charge in [-0.1, -0.05) is 18.2 Å². The van der Waals surface area contributed by atoms with Crippen molar-refractivity contribution in [2.75, 3.05) is 5.32 Å². The Morgan fingerprint density at radius 2 is 1.68 bits per heavy atom. The van der Waals surface area contributed by atoms with Gasteiger partial charge in [0.25, 0.3) is 0 Å². The lowest BCUT2D eigenvalue weighted by molar-refractivity contribution is 0.467. The van der Waals surface area contributed by atoms with Gasteiger partial charge in [-0.3, -0.25) is 0 Å². The number of halogens is 1. The van der Waals surface area contributed by atoms with Gasteiger partial charge in [-0.2, -0.15) is 0 Å². The van der Waals surface area contributed by atoms with Crippen LogP contribution in [0.3, 0.4) is 0 Å². The summed E-state index contributed by atoms with van der Waals surface area (Å²) in [7, 11) is 0. The third kappa shape index (κ3) is 3.21. The van der Waals surface area contributed by atoms with Crippen molar-refractivity contribution in [1.29, 1.82) is 0 Å². The lowest BCUT2D eigenvalue weighted by Gasteiger charge is -2.18. The van der Waals surface area contributed by atoms with E-state index in [2.05, 4.69) is 59.1 Å². The van der Waals surface area contributed by atoms with Gasteiger partial charge in [0.15, 0.2) is 0 Å². The van der Waals surface area contributed by atoms with Crippen LogP contribution < -0.4 is 5.32 Å². The predicted octanol–water partition coefficient (Wildman–Crippen LogP) is 4.79. The lowest BCUT2D eigenvalue weighted by atomic mass is 10.1. The molecule has 0 spiro atoms. The Morgan fingerprint density at radius 1 is 1.05 bits per heavy atom. The van der Waals surface area contributed by atoms with Gasteiger partial charge in [-0.25, -0.2) is 0 Å². The average molecular weight is 367 g/mol. The molecule has 0 heterocycles. The molecule has 2 nitrogen and oxygen atoms in total. The molecule has 100 valence electrons. The molecular formula is C16H18INO. The second-order valence-electron chi connectivity index (χ2n) is 4.82. The fourth-order valence-electron chi connectivity index (χ4n) is 2.06. The summed E-state index contributed by atoms with van der Waals surface area (Å²) in [5.74, 6) is 0.375. The average Bonchev–Trinajstić information content (AvgIpc) is 2.40. The van der Waals surface area contributed by atoms with Crippen molar-refractivity contribution < 1.29 is 5.11 Å². The first-order valence-electron chi connectivity index (χ1n) is 6.30. The number of benzene rings is 2. The molecular weight excluding hydrogens is 349 g/mol. The minimum atomic E-state index is 0.206. The maximum atomic E-state index is 9.97. The van der Waals surface area contributed by atoms with Crippen LogP contribution in [0.4, 0.5) is 5.69 Å². The third-order valence-corrected chi connectivity index (χ3v) is 4.09. The summed E-state index contributed by atoms with van der Waals surface area (Å²) in [5.41, 5.74) is 4.02. The summed E-state index contributed by atoms with van der Waals surface area (Å²) in [4.78, 5) is 0. The highest BCUT2D eigenvalue weighted by Gasteiger charge is 2.10. The first-order chi connectivity index (χ1) is 8.99. The number of phenolic OH excluding ortho intramolecular Hbond substituents is 1. The quantitative estimate of drug-likeness (QED) is 0.765. The minimum Gasteiger partial charge on any atom is -0.507 e. The zero-order chi connectivity index (χ0) is 14.0. The van der Waals surface area contributed by atoms with Crippen molar-refractivity contribution >= 4 is 28.3 Å².